The van der Waals surface area contributed by atoms with E-state index in [1.165, 1.54) is 0 Å². The number of benzene rings is 3. The highest BCUT2D eigenvalue weighted by atomic mass is 16.5. The first-order chi connectivity index (χ1) is 15.6. The zero-order valence-electron chi connectivity index (χ0n) is 17.8. The van der Waals surface area contributed by atoms with Crippen LogP contribution in [0.5, 0.6) is 5.75 Å². The Bertz CT molecular complexity index is 1130. The molecule has 0 unspecified atom stereocenters. The van der Waals surface area contributed by atoms with E-state index in [1.807, 2.05) is 47.4 Å². The number of hydrogen-bond acceptors (Lipinski definition) is 4. The van der Waals surface area contributed by atoms with Crippen molar-refractivity contribution in [2.45, 2.75) is 19.3 Å². The minimum atomic E-state index is -0.549. The molecule has 164 valence electrons. The molecule has 0 aliphatic carbocycles. The Balaban J connectivity index is 1.49. The largest absolute Gasteiger partial charge is 0.493 e. The Morgan fingerprint density at radius 3 is 2.59 bits per heavy atom. The number of likely N-dealkylation sites (tertiary alicyclic amines) is 1. The molecule has 1 fully saturated rings. The third kappa shape index (κ3) is 5.15. The summed E-state index contributed by atoms with van der Waals surface area (Å²) in [6.07, 6.45) is 4.21. The molecule has 0 aromatic heterocycles. The van der Waals surface area contributed by atoms with Gasteiger partial charge in [0.05, 0.1) is 6.61 Å². The number of hydrogen-bond donors (Lipinski definition) is 2. The molecule has 6 heteroatoms. The molecule has 32 heavy (non-hydrogen) atoms. The van der Waals surface area contributed by atoms with Crippen molar-refractivity contribution in [1.82, 2.24) is 10.4 Å². The molecular weight excluding hydrogens is 404 g/mol. The van der Waals surface area contributed by atoms with Gasteiger partial charge >= 0.3 is 0 Å². The minimum Gasteiger partial charge on any atom is -0.493 e. The molecule has 6 nitrogen and oxygen atoms in total. The predicted molar refractivity (Wildman–Crippen MR) is 124 cm³/mol. The molecule has 0 bridgehead atoms. The van der Waals surface area contributed by atoms with E-state index in [2.05, 4.69) is 18.2 Å². The van der Waals surface area contributed by atoms with E-state index in [0.29, 0.717) is 31.6 Å². The topological polar surface area (TPSA) is 78.9 Å². The molecular formula is C26H26N2O4. The van der Waals surface area contributed by atoms with Crippen molar-refractivity contribution in [2.75, 3.05) is 19.7 Å². The predicted octanol–water partition coefficient (Wildman–Crippen LogP) is 4.43. The van der Waals surface area contributed by atoms with E-state index in [0.717, 1.165) is 40.6 Å². The van der Waals surface area contributed by atoms with Gasteiger partial charge in [0.1, 0.15) is 5.75 Å². The lowest BCUT2D eigenvalue weighted by Crippen LogP contribution is -2.27. The molecule has 2 N–H and O–H groups in total. The zero-order chi connectivity index (χ0) is 22.3. The van der Waals surface area contributed by atoms with Gasteiger partial charge in [0.25, 0.3) is 5.91 Å². The number of fused-ring (bicyclic) bond motifs is 1. The molecule has 1 saturated heterocycles. The molecule has 0 radical (unpaired) electrons. The first-order valence-electron chi connectivity index (χ1n) is 10.8. The van der Waals surface area contributed by atoms with Crippen molar-refractivity contribution < 1.29 is 19.5 Å². The van der Waals surface area contributed by atoms with E-state index in [1.54, 1.807) is 17.6 Å². The molecule has 2 amide bonds. The van der Waals surface area contributed by atoms with Gasteiger partial charge < -0.3 is 9.64 Å². The SMILES string of the molecule is O=C(NO)c1ccc(/C=C(\CCOc2cccc3ccccc23)CN2CCCC2=O)cc1. The summed E-state index contributed by atoms with van der Waals surface area (Å²) < 4.78 is 6.12. The second-order valence-corrected chi connectivity index (χ2v) is 7.86. The molecule has 0 atom stereocenters. The summed E-state index contributed by atoms with van der Waals surface area (Å²) in [6, 6.07) is 21.1. The summed E-state index contributed by atoms with van der Waals surface area (Å²) in [5, 5.41) is 11.0. The van der Waals surface area contributed by atoms with Crippen LogP contribution in [0.4, 0.5) is 0 Å². The Hall–Kier alpha value is -3.64. The van der Waals surface area contributed by atoms with E-state index in [9.17, 15) is 9.59 Å². The van der Waals surface area contributed by atoms with Gasteiger partial charge in [0.2, 0.25) is 5.91 Å². The van der Waals surface area contributed by atoms with Gasteiger partial charge in [0, 0.05) is 36.9 Å². The fourth-order valence-corrected chi connectivity index (χ4v) is 3.96. The van der Waals surface area contributed by atoms with Crippen LogP contribution in [0, 0.1) is 0 Å². The standard InChI is InChI=1S/C26H26N2O4/c29-25-9-4-15-28(25)18-20(17-19-10-12-22(13-11-19)26(30)27-31)14-16-32-24-8-3-6-21-5-1-2-7-23(21)24/h1-3,5-8,10-13,17,31H,4,9,14-16,18H2,(H,27,30)/b20-17+. The third-order valence-corrected chi connectivity index (χ3v) is 5.64. The summed E-state index contributed by atoms with van der Waals surface area (Å²) in [4.78, 5) is 25.6. The molecule has 0 spiro atoms. The number of ether oxygens (including phenoxy) is 1. The average Bonchev–Trinajstić information content (AvgIpc) is 3.23. The minimum absolute atomic E-state index is 0.181. The van der Waals surface area contributed by atoms with Gasteiger partial charge in [-0.2, -0.15) is 0 Å². The van der Waals surface area contributed by atoms with Crippen molar-refractivity contribution >= 4 is 28.7 Å². The van der Waals surface area contributed by atoms with Crippen LogP contribution >= 0.6 is 0 Å². The third-order valence-electron chi connectivity index (χ3n) is 5.64. The number of nitrogens with zero attached hydrogens (tertiary/aromatic N) is 1. The Kier molecular flexibility index (Phi) is 6.82. The molecule has 4 rings (SSSR count). The van der Waals surface area contributed by atoms with Gasteiger partial charge in [-0.1, -0.05) is 54.6 Å². The first-order valence-corrected chi connectivity index (χ1v) is 10.8. The van der Waals surface area contributed by atoms with E-state index in [-0.39, 0.29) is 5.91 Å². The molecule has 1 aliphatic rings. The highest BCUT2D eigenvalue weighted by Crippen LogP contribution is 2.26. The van der Waals surface area contributed by atoms with E-state index in [4.69, 9.17) is 9.94 Å². The lowest BCUT2D eigenvalue weighted by molar-refractivity contribution is -0.127. The Morgan fingerprint density at radius 2 is 1.84 bits per heavy atom. The molecule has 3 aromatic rings. The van der Waals surface area contributed by atoms with Crippen LogP contribution in [0.25, 0.3) is 16.8 Å². The van der Waals surface area contributed by atoms with Crippen molar-refractivity contribution in [3.8, 4) is 5.75 Å². The number of rotatable bonds is 8. The van der Waals surface area contributed by atoms with Crippen LogP contribution in [0.3, 0.4) is 0 Å². The monoisotopic (exact) mass is 430 g/mol. The number of carbonyl (C=O) groups excluding carboxylic acids is 2. The van der Waals surface area contributed by atoms with Crippen molar-refractivity contribution in [2.24, 2.45) is 0 Å². The van der Waals surface area contributed by atoms with E-state index >= 15 is 0 Å². The maximum absolute atomic E-state index is 12.2. The quantitative estimate of drug-likeness (QED) is 0.409. The number of amides is 2. The van der Waals surface area contributed by atoms with Crippen LogP contribution in [-0.4, -0.2) is 41.6 Å². The summed E-state index contributed by atoms with van der Waals surface area (Å²) in [7, 11) is 0. The molecule has 3 aromatic carbocycles. The highest BCUT2D eigenvalue weighted by molar-refractivity contribution is 5.93. The van der Waals surface area contributed by atoms with E-state index < -0.39 is 5.91 Å². The Labute approximate surface area is 187 Å². The van der Waals surface area contributed by atoms with Crippen LogP contribution in [0.2, 0.25) is 0 Å². The fourth-order valence-electron chi connectivity index (χ4n) is 3.96. The lowest BCUT2D eigenvalue weighted by atomic mass is 10.1. The second-order valence-electron chi connectivity index (χ2n) is 7.86. The molecule has 1 aliphatic heterocycles. The maximum Gasteiger partial charge on any atom is 0.274 e. The first kappa shape index (κ1) is 21.6. The molecule has 1 heterocycles. The average molecular weight is 431 g/mol. The van der Waals surface area contributed by atoms with Crippen LogP contribution < -0.4 is 10.2 Å². The summed E-state index contributed by atoms with van der Waals surface area (Å²) in [5.41, 5.74) is 4.02. The van der Waals surface area contributed by atoms with Gasteiger partial charge in [-0.25, -0.2) is 5.48 Å². The van der Waals surface area contributed by atoms with Crippen LogP contribution in [-0.2, 0) is 4.79 Å². The van der Waals surface area contributed by atoms with Gasteiger partial charge in [-0.3, -0.25) is 14.8 Å². The van der Waals surface area contributed by atoms with Crippen molar-refractivity contribution in [1.29, 1.82) is 0 Å². The summed E-state index contributed by atoms with van der Waals surface area (Å²) in [5.74, 6) is 0.479. The number of carbonyl (C=O) groups is 2. The van der Waals surface area contributed by atoms with Crippen LogP contribution in [0.15, 0.2) is 72.3 Å². The fraction of sp³-hybridized carbons (Fsp3) is 0.231. The van der Waals surface area contributed by atoms with Gasteiger partial charge in [0.15, 0.2) is 0 Å². The highest BCUT2D eigenvalue weighted by Gasteiger charge is 2.21. The maximum atomic E-state index is 12.2. The normalized spacial score (nSPS) is 14.1. The summed E-state index contributed by atoms with van der Waals surface area (Å²) in [6.45, 7) is 1.83. The van der Waals surface area contributed by atoms with Crippen molar-refractivity contribution in [3.05, 3.63) is 83.4 Å². The second kappa shape index (κ2) is 10.1. The number of hydroxylamine groups is 1. The zero-order valence-corrected chi connectivity index (χ0v) is 17.8. The van der Waals surface area contributed by atoms with Gasteiger partial charge in [-0.15, -0.1) is 0 Å². The van der Waals surface area contributed by atoms with Crippen LogP contribution in [0.1, 0.15) is 35.2 Å². The lowest BCUT2D eigenvalue weighted by Gasteiger charge is -2.19. The van der Waals surface area contributed by atoms with Crippen molar-refractivity contribution in [3.63, 3.8) is 0 Å². The Morgan fingerprint density at radius 1 is 1.06 bits per heavy atom. The summed E-state index contributed by atoms with van der Waals surface area (Å²) >= 11 is 0. The smallest absolute Gasteiger partial charge is 0.274 e. The molecule has 0 saturated carbocycles. The van der Waals surface area contributed by atoms with Gasteiger partial charge in [-0.05, 0) is 41.1 Å². The number of nitrogens with one attached hydrogen (secondary N) is 1.